The molecule has 0 unspecified atom stereocenters. The van der Waals surface area contributed by atoms with E-state index >= 15 is 0 Å². The Bertz CT molecular complexity index is 200. The lowest BCUT2D eigenvalue weighted by atomic mass is 10.1. The number of halogens is 1. The fraction of sp³-hybridized carbons (Fsp3) is 0.750. The van der Waals surface area contributed by atoms with Crippen LogP contribution in [0, 0.1) is 0 Å². The van der Waals surface area contributed by atoms with Gasteiger partial charge < -0.3 is 9.47 Å². The van der Waals surface area contributed by atoms with Gasteiger partial charge in [0.25, 0.3) is 0 Å². The Morgan fingerprint density at radius 2 is 1.92 bits per heavy atom. The van der Waals surface area contributed by atoms with Gasteiger partial charge in [-0.3, -0.25) is 4.79 Å². The van der Waals surface area contributed by atoms with E-state index in [0.29, 0.717) is 0 Å². The number of rotatable bonds is 4. The van der Waals surface area contributed by atoms with Crippen molar-refractivity contribution in [3.05, 3.63) is 0 Å². The van der Waals surface area contributed by atoms with Crippen molar-refractivity contribution < 1.29 is 23.5 Å². The van der Waals surface area contributed by atoms with Gasteiger partial charge in [-0.05, 0) is 13.8 Å². The highest BCUT2D eigenvalue weighted by molar-refractivity contribution is 5.81. The molecule has 0 heterocycles. The van der Waals surface area contributed by atoms with Gasteiger partial charge in [-0.2, -0.15) is 0 Å². The van der Waals surface area contributed by atoms with Crippen LogP contribution in [0.25, 0.3) is 0 Å². The van der Waals surface area contributed by atoms with Crippen LogP contribution in [0.3, 0.4) is 0 Å². The Kier molecular flexibility index (Phi) is 4.37. The maximum Gasteiger partial charge on any atom is 0.350 e. The third-order valence-corrected chi connectivity index (χ3v) is 1.20. The van der Waals surface area contributed by atoms with E-state index in [2.05, 4.69) is 9.47 Å². The fourth-order valence-corrected chi connectivity index (χ4v) is 0.706. The molecule has 0 aliphatic heterocycles. The molecule has 13 heavy (non-hydrogen) atoms. The van der Waals surface area contributed by atoms with Crippen molar-refractivity contribution in [3.63, 3.8) is 0 Å². The molecule has 0 bridgehead atoms. The average molecular weight is 192 g/mol. The number of carbonyl (C=O) groups is 2. The van der Waals surface area contributed by atoms with Gasteiger partial charge in [0.05, 0.1) is 0 Å². The molecule has 0 saturated carbocycles. The summed E-state index contributed by atoms with van der Waals surface area (Å²) in [5, 5.41) is 0. The predicted molar refractivity (Wildman–Crippen MR) is 42.8 cm³/mol. The van der Waals surface area contributed by atoms with Crippen molar-refractivity contribution in [3.8, 4) is 0 Å². The molecule has 0 saturated heterocycles. The zero-order valence-corrected chi connectivity index (χ0v) is 7.93. The number of esters is 2. The quantitative estimate of drug-likeness (QED) is 0.619. The first-order chi connectivity index (χ1) is 5.90. The Morgan fingerprint density at radius 1 is 1.38 bits per heavy atom. The molecule has 0 spiro atoms. The molecule has 0 fully saturated rings. The molecule has 0 rings (SSSR count). The molecule has 0 radical (unpaired) electrons. The van der Waals surface area contributed by atoms with Crippen molar-refractivity contribution in [2.75, 3.05) is 13.3 Å². The minimum Gasteiger partial charge on any atom is -0.460 e. The van der Waals surface area contributed by atoms with Crippen LogP contribution < -0.4 is 0 Å². The van der Waals surface area contributed by atoms with Crippen LogP contribution in [-0.4, -0.2) is 30.8 Å². The first-order valence-electron chi connectivity index (χ1n) is 3.83. The first kappa shape index (κ1) is 11.9. The van der Waals surface area contributed by atoms with E-state index in [-0.39, 0.29) is 6.61 Å². The summed E-state index contributed by atoms with van der Waals surface area (Å²) in [5.74, 6) is -1.33. The highest BCUT2D eigenvalue weighted by Crippen LogP contribution is 2.11. The van der Waals surface area contributed by atoms with Gasteiger partial charge in [-0.1, -0.05) is 0 Å². The Labute approximate surface area is 76.0 Å². The highest BCUT2D eigenvalue weighted by Gasteiger charge is 2.32. The zero-order valence-electron chi connectivity index (χ0n) is 7.93. The van der Waals surface area contributed by atoms with E-state index in [1.165, 1.54) is 20.8 Å². The smallest absolute Gasteiger partial charge is 0.350 e. The summed E-state index contributed by atoms with van der Waals surface area (Å²) in [6.45, 7) is 2.89. The number of hydrogen-bond donors (Lipinski definition) is 0. The maximum absolute atomic E-state index is 11.6. The maximum atomic E-state index is 11.6. The minimum absolute atomic E-state index is 0.316. The van der Waals surface area contributed by atoms with E-state index in [0.717, 1.165) is 0 Å². The van der Waals surface area contributed by atoms with Crippen LogP contribution >= 0.6 is 0 Å². The van der Waals surface area contributed by atoms with Crippen molar-refractivity contribution in [1.29, 1.82) is 0 Å². The minimum atomic E-state index is -1.35. The van der Waals surface area contributed by atoms with E-state index in [9.17, 15) is 14.0 Å². The van der Waals surface area contributed by atoms with E-state index in [4.69, 9.17) is 0 Å². The van der Waals surface area contributed by atoms with Crippen LogP contribution in [-0.2, 0) is 19.1 Å². The van der Waals surface area contributed by atoms with Gasteiger partial charge >= 0.3 is 11.9 Å². The summed E-state index contributed by atoms with van der Waals surface area (Å²) >= 11 is 0. The third-order valence-electron chi connectivity index (χ3n) is 1.20. The zero-order chi connectivity index (χ0) is 10.5. The van der Waals surface area contributed by atoms with Gasteiger partial charge in [-0.25, -0.2) is 9.18 Å². The van der Waals surface area contributed by atoms with E-state index in [1.54, 1.807) is 0 Å². The lowest BCUT2D eigenvalue weighted by molar-refractivity contribution is -0.177. The van der Waals surface area contributed by atoms with Crippen LogP contribution in [0.2, 0.25) is 0 Å². The summed E-state index contributed by atoms with van der Waals surface area (Å²) in [7, 11) is 0. The molecule has 0 atom stereocenters. The van der Waals surface area contributed by atoms with Gasteiger partial charge in [0.2, 0.25) is 5.60 Å². The lowest BCUT2D eigenvalue weighted by Crippen LogP contribution is -2.38. The molecule has 5 heteroatoms. The second kappa shape index (κ2) is 4.79. The van der Waals surface area contributed by atoms with Crippen molar-refractivity contribution in [1.82, 2.24) is 0 Å². The van der Waals surface area contributed by atoms with Crippen LogP contribution in [0.1, 0.15) is 20.8 Å². The molecule has 4 nitrogen and oxygen atoms in total. The van der Waals surface area contributed by atoms with Crippen LogP contribution in [0.15, 0.2) is 0 Å². The standard InChI is InChI=1S/C8H13FO4/c1-6(10)13-8(2,3)7(11)12-5-4-9/h4-5H2,1-3H3. The van der Waals surface area contributed by atoms with Crippen molar-refractivity contribution >= 4 is 11.9 Å². The molecule has 0 aliphatic rings. The van der Waals surface area contributed by atoms with Gasteiger partial charge in [0, 0.05) is 6.92 Å². The number of carbonyl (C=O) groups excluding carboxylic acids is 2. The summed E-state index contributed by atoms with van der Waals surface area (Å²) in [6.07, 6.45) is 0. The van der Waals surface area contributed by atoms with Crippen molar-refractivity contribution in [2.24, 2.45) is 0 Å². The van der Waals surface area contributed by atoms with Crippen LogP contribution in [0.5, 0.6) is 0 Å². The Morgan fingerprint density at radius 3 is 2.31 bits per heavy atom. The summed E-state index contributed by atoms with van der Waals surface area (Å²) < 4.78 is 20.7. The molecule has 0 aromatic carbocycles. The fourth-order valence-electron chi connectivity index (χ4n) is 0.706. The summed E-state index contributed by atoms with van der Waals surface area (Å²) in [5.41, 5.74) is -1.35. The molecule has 0 aromatic heterocycles. The van der Waals surface area contributed by atoms with E-state index < -0.39 is 24.2 Å². The van der Waals surface area contributed by atoms with Crippen LogP contribution in [0.4, 0.5) is 4.39 Å². The predicted octanol–water partition coefficient (Wildman–Crippen LogP) is 0.841. The normalized spacial score (nSPS) is 10.8. The largest absolute Gasteiger partial charge is 0.460 e. The lowest BCUT2D eigenvalue weighted by Gasteiger charge is -2.21. The highest BCUT2D eigenvalue weighted by atomic mass is 19.1. The van der Waals surface area contributed by atoms with Gasteiger partial charge in [0.1, 0.15) is 13.3 Å². The molecule has 76 valence electrons. The molecule has 0 aromatic rings. The molecule has 0 aliphatic carbocycles. The monoisotopic (exact) mass is 192 g/mol. The summed E-state index contributed by atoms with van der Waals surface area (Å²) in [4.78, 5) is 21.6. The number of alkyl halides is 1. The average Bonchev–Trinajstić information content (AvgIpc) is 1.97. The molecular weight excluding hydrogens is 179 g/mol. The molecular formula is C8H13FO4. The van der Waals surface area contributed by atoms with Gasteiger partial charge in [0.15, 0.2) is 0 Å². The third kappa shape index (κ3) is 4.45. The second-order valence-corrected chi connectivity index (χ2v) is 2.93. The van der Waals surface area contributed by atoms with E-state index in [1.807, 2.05) is 0 Å². The Balaban J connectivity index is 4.10. The first-order valence-corrected chi connectivity index (χ1v) is 3.83. The molecule has 0 amide bonds. The topological polar surface area (TPSA) is 52.6 Å². The summed E-state index contributed by atoms with van der Waals surface area (Å²) in [6, 6.07) is 0. The second-order valence-electron chi connectivity index (χ2n) is 2.93. The molecule has 0 N–H and O–H groups in total. The number of hydrogen-bond acceptors (Lipinski definition) is 4. The number of ether oxygens (including phenoxy) is 2. The Hall–Kier alpha value is -1.13. The van der Waals surface area contributed by atoms with Gasteiger partial charge in [-0.15, -0.1) is 0 Å². The SMILES string of the molecule is CC(=O)OC(C)(C)C(=O)OCCF. The van der Waals surface area contributed by atoms with Crippen molar-refractivity contribution in [2.45, 2.75) is 26.4 Å².